The van der Waals surface area contributed by atoms with Crippen molar-refractivity contribution >= 4 is 5.91 Å². The molecule has 0 fully saturated rings. The zero-order valence-electron chi connectivity index (χ0n) is 7.69. The van der Waals surface area contributed by atoms with E-state index in [9.17, 15) is 18.0 Å². The Morgan fingerprint density at radius 3 is 2.57 bits per heavy atom. The number of hydrogen-bond donors (Lipinski definition) is 1. The molecule has 0 unspecified atom stereocenters. The average molecular weight is 215 g/mol. The predicted molar refractivity (Wildman–Crippen MR) is 41.8 cm³/mol. The average Bonchev–Trinajstić information content (AvgIpc) is 2.02. The number of ether oxygens (including phenoxy) is 2. The number of nitrogens with one attached hydrogen (secondary N) is 1. The molecule has 0 aromatic rings. The molecule has 4 nitrogen and oxygen atoms in total. The van der Waals surface area contributed by atoms with Crippen LogP contribution in [0.5, 0.6) is 0 Å². The molecule has 0 radical (unpaired) electrons. The largest absolute Gasteiger partial charge is 0.411 e. The summed E-state index contributed by atoms with van der Waals surface area (Å²) in [6.45, 7) is -1.44. The van der Waals surface area contributed by atoms with E-state index >= 15 is 0 Å². The number of hydrogen-bond acceptors (Lipinski definition) is 3. The molecule has 7 heteroatoms. The number of carbonyl (C=O) groups is 1. The Kier molecular flexibility index (Phi) is 6.22. The van der Waals surface area contributed by atoms with Crippen LogP contribution in [0.3, 0.4) is 0 Å². The van der Waals surface area contributed by atoms with Gasteiger partial charge in [-0.2, -0.15) is 13.2 Å². The maximum Gasteiger partial charge on any atom is 0.411 e. The van der Waals surface area contributed by atoms with Crippen molar-refractivity contribution in [3.63, 3.8) is 0 Å². The van der Waals surface area contributed by atoms with Gasteiger partial charge in [0.25, 0.3) is 0 Å². The lowest BCUT2D eigenvalue weighted by atomic mass is 10.6. The van der Waals surface area contributed by atoms with Crippen molar-refractivity contribution in [1.29, 1.82) is 0 Å². The third kappa shape index (κ3) is 9.27. The van der Waals surface area contributed by atoms with Crippen LogP contribution in [-0.2, 0) is 14.3 Å². The van der Waals surface area contributed by atoms with Crippen LogP contribution in [0, 0.1) is 0 Å². The summed E-state index contributed by atoms with van der Waals surface area (Å²) in [7, 11) is 1.45. The first kappa shape index (κ1) is 13.2. The molecule has 0 aliphatic carbocycles. The monoisotopic (exact) mass is 215 g/mol. The highest BCUT2D eigenvalue weighted by Crippen LogP contribution is 2.13. The number of alkyl halides is 3. The van der Waals surface area contributed by atoms with Crippen molar-refractivity contribution in [2.45, 2.75) is 6.18 Å². The zero-order chi connectivity index (χ0) is 11.0. The molecule has 0 atom stereocenters. The fourth-order valence-corrected chi connectivity index (χ4v) is 0.603. The molecule has 1 N–H and O–H groups in total. The van der Waals surface area contributed by atoms with Gasteiger partial charge in [0.1, 0.15) is 13.2 Å². The number of carbonyl (C=O) groups excluding carboxylic acids is 1. The highest BCUT2D eigenvalue weighted by atomic mass is 19.4. The normalized spacial score (nSPS) is 11.4. The van der Waals surface area contributed by atoms with Crippen LogP contribution in [0.2, 0.25) is 0 Å². The number of amides is 1. The molecule has 0 spiro atoms. The van der Waals surface area contributed by atoms with Crippen molar-refractivity contribution in [1.82, 2.24) is 5.32 Å². The fraction of sp³-hybridized carbons (Fsp3) is 0.857. The molecule has 0 aliphatic rings. The number of halogens is 3. The van der Waals surface area contributed by atoms with E-state index in [1.165, 1.54) is 7.11 Å². The smallest absolute Gasteiger partial charge is 0.383 e. The molecule has 0 bridgehead atoms. The minimum Gasteiger partial charge on any atom is -0.383 e. The van der Waals surface area contributed by atoms with Crippen molar-refractivity contribution in [2.75, 3.05) is 33.5 Å². The second-order valence-electron chi connectivity index (χ2n) is 2.45. The SMILES string of the molecule is COCCNC(=O)COCC(F)(F)F. The van der Waals surface area contributed by atoms with Crippen molar-refractivity contribution in [2.24, 2.45) is 0 Å². The van der Waals surface area contributed by atoms with Crippen LogP contribution >= 0.6 is 0 Å². The van der Waals surface area contributed by atoms with Gasteiger partial charge in [0.05, 0.1) is 6.61 Å². The quantitative estimate of drug-likeness (QED) is 0.649. The van der Waals surface area contributed by atoms with Gasteiger partial charge in [-0.3, -0.25) is 4.79 Å². The zero-order valence-corrected chi connectivity index (χ0v) is 7.69. The van der Waals surface area contributed by atoms with E-state index in [0.717, 1.165) is 0 Å². The minimum absolute atomic E-state index is 0.255. The van der Waals surface area contributed by atoms with Gasteiger partial charge in [-0.25, -0.2) is 0 Å². The summed E-state index contributed by atoms with van der Waals surface area (Å²) < 4.78 is 43.3. The van der Waals surface area contributed by atoms with Crippen LogP contribution < -0.4 is 5.32 Å². The Morgan fingerprint density at radius 1 is 1.43 bits per heavy atom. The molecule has 0 rings (SSSR count). The molecular formula is C7H12F3NO3. The Balaban J connectivity index is 3.36. The minimum atomic E-state index is -4.40. The van der Waals surface area contributed by atoms with Gasteiger partial charge in [-0.1, -0.05) is 0 Å². The molecule has 0 aliphatic heterocycles. The Labute approximate surface area is 79.4 Å². The van der Waals surface area contributed by atoms with Crippen molar-refractivity contribution < 1.29 is 27.4 Å². The second-order valence-corrected chi connectivity index (χ2v) is 2.45. The van der Waals surface area contributed by atoms with Crippen LogP contribution in [-0.4, -0.2) is 45.6 Å². The van der Waals surface area contributed by atoms with Gasteiger partial charge in [-0.05, 0) is 0 Å². The van der Waals surface area contributed by atoms with E-state index in [1.54, 1.807) is 0 Å². The lowest BCUT2D eigenvalue weighted by molar-refractivity contribution is -0.175. The molecule has 0 aromatic heterocycles. The number of rotatable bonds is 6. The van der Waals surface area contributed by atoms with Crippen molar-refractivity contribution in [3.8, 4) is 0 Å². The van der Waals surface area contributed by atoms with Gasteiger partial charge in [0.2, 0.25) is 5.91 Å². The summed E-state index contributed by atoms with van der Waals surface area (Å²) in [6.07, 6.45) is -4.40. The summed E-state index contributed by atoms with van der Waals surface area (Å²) in [6, 6.07) is 0. The summed E-state index contributed by atoms with van der Waals surface area (Å²) >= 11 is 0. The summed E-state index contributed by atoms with van der Waals surface area (Å²) in [4.78, 5) is 10.7. The van der Waals surface area contributed by atoms with Crippen LogP contribution in [0.25, 0.3) is 0 Å². The van der Waals surface area contributed by atoms with E-state index in [1.807, 2.05) is 0 Å². The summed E-state index contributed by atoms with van der Waals surface area (Å²) in [5.41, 5.74) is 0. The Bertz CT molecular complexity index is 172. The maximum atomic E-state index is 11.5. The van der Waals surface area contributed by atoms with E-state index < -0.39 is 25.3 Å². The van der Waals surface area contributed by atoms with Crippen LogP contribution in [0.4, 0.5) is 13.2 Å². The molecular weight excluding hydrogens is 203 g/mol. The maximum absolute atomic E-state index is 11.5. The lowest BCUT2D eigenvalue weighted by Crippen LogP contribution is -2.32. The lowest BCUT2D eigenvalue weighted by Gasteiger charge is -2.07. The highest BCUT2D eigenvalue weighted by Gasteiger charge is 2.27. The first-order valence-electron chi connectivity index (χ1n) is 3.86. The summed E-state index contributed by atoms with van der Waals surface area (Å²) in [5, 5.41) is 2.31. The third-order valence-electron chi connectivity index (χ3n) is 1.13. The third-order valence-corrected chi connectivity index (χ3v) is 1.13. The molecule has 0 saturated carbocycles. The highest BCUT2D eigenvalue weighted by molar-refractivity contribution is 5.77. The summed E-state index contributed by atoms with van der Waals surface area (Å²) in [5.74, 6) is -0.591. The van der Waals surface area contributed by atoms with Crippen LogP contribution in [0.1, 0.15) is 0 Å². The molecule has 1 amide bonds. The molecule has 0 aromatic carbocycles. The Morgan fingerprint density at radius 2 is 2.07 bits per heavy atom. The first-order valence-corrected chi connectivity index (χ1v) is 3.86. The predicted octanol–water partition coefficient (Wildman–Crippen LogP) is 0.328. The van der Waals surface area contributed by atoms with Gasteiger partial charge in [0, 0.05) is 13.7 Å². The van der Waals surface area contributed by atoms with Crippen molar-refractivity contribution in [3.05, 3.63) is 0 Å². The molecule has 0 heterocycles. The van der Waals surface area contributed by atoms with Gasteiger partial charge in [-0.15, -0.1) is 0 Å². The number of methoxy groups -OCH3 is 1. The molecule has 14 heavy (non-hydrogen) atoms. The van der Waals surface area contributed by atoms with Gasteiger partial charge < -0.3 is 14.8 Å². The van der Waals surface area contributed by atoms with Gasteiger partial charge in [0.15, 0.2) is 0 Å². The topological polar surface area (TPSA) is 47.6 Å². The Hall–Kier alpha value is -0.820. The second kappa shape index (κ2) is 6.61. The molecule has 0 saturated heterocycles. The van der Waals surface area contributed by atoms with Gasteiger partial charge >= 0.3 is 6.18 Å². The van der Waals surface area contributed by atoms with Crippen LogP contribution in [0.15, 0.2) is 0 Å². The first-order chi connectivity index (χ1) is 6.45. The molecule has 84 valence electrons. The van der Waals surface area contributed by atoms with E-state index in [0.29, 0.717) is 6.61 Å². The van der Waals surface area contributed by atoms with E-state index in [4.69, 9.17) is 0 Å². The van der Waals surface area contributed by atoms with E-state index in [2.05, 4.69) is 14.8 Å². The van der Waals surface area contributed by atoms with E-state index in [-0.39, 0.29) is 6.54 Å². The standard InChI is InChI=1S/C7H12F3NO3/c1-13-3-2-11-6(12)4-14-5-7(8,9)10/h2-5H2,1H3,(H,11,12). The fourth-order valence-electron chi connectivity index (χ4n) is 0.603.